The van der Waals surface area contributed by atoms with Gasteiger partial charge < -0.3 is 5.11 Å². The van der Waals surface area contributed by atoms with Gasteiger partial charge in [0.25, 0.3) is 10.2 Å². The van der Waals surface area contributed by atoms with Crippen LogP contribution in [0.4, 0.5) is 0 Å². The standard InChI is InChI=1S/C8H13BrN2O4S/c1-6(8(12)13)10-16(14,15)11-4-2-7(9)3-5-11/h2,6,10H,3-5H2,1H3,(H,12,13). The Morgan fingerprint density at radius 1 is 1.69 bits per heavy atom. The molecule has 0 aromatic rings. The highest BCUT2D eigenvalue weighted by molar-refractivity contribution is 9.11. The summed E-state index contributed by atoms with van der Waals surface area (Å²) in [4.78, 5) is 10.5. The van der Waals surface area contributed by atoms with Crippen LogP contribution in [-0.2, 0) is 15.0 Å². The number of nitrogens with one attached hydrogen (secondary N) is 1. The van der Waals surface area contributed by atoms with Gasteiger partial charge in [-0.25, -0.2) is 0 Å². The van der Waals surface area contributed by atoms with E-state index < -0.39 is 22.2 Å². The maximum absolute atomic E-state index is 11.7. The van der Waals surface area contributed by atoms with E-state index in [4.69, 9.17) is 5.11 Å². The first-order valence-corrected chi connectivity index (χ1v) is 6.91. The second-order valence-electron chi connectivity index (χ2n) is 3.44. The van der Waals surface area contributed by atoms with Crippen LogP contribution >= 0.6 is 15.9 Å². The van der Waals surface area contributed by atoms with Crippen molar-refractivity contribution in [1.82, 2.24) is 9.03 Å². The van der Waals surface area contributed by atoms with E-state index in [2.05, 4.69) is 20.7 Å². The summed E-state index contributed by atoms with van der Waals surface area (Å²) in [7, 11) is -3.71. The van der Waals surface area contributed by atoms with Crippen LogP contribution in [0, 0.1) is 0 Å². The van der Waals surface area contributed by atoms with Crippen LogP contribution in [0.15, 0.2) is 10.6 Å². The normalized spacial score (nSPS) is 20.2. The van der Waals surface area contributed by atoms with Crippen LogP contribution in [-0.4, -0.2) is 42.9 Å². The second-order valence-corrected chi connectivity index (χ2v) is 6.16. The number of halogens is 1. The summed E-state index contributed by atoms with van der Waals surface area (Å²) in [5, 5.41) is 8.62. The molecule has 0 saturated heterocycles. The van der Waals surface area contributed by atoms with Crippen LogP contribution in [0.2, 0.25) is 0 Å². The van der Waals surface area contributed by atoms with E-state index in [-0.39, 0.29) is 6.54 Å². The number of rotatable bonds is 4. The minimum Gasteiger partial charge on any atom is -0.480 e. The second kappa shape index (κ2) is 5.26. The molecule has 0 saturated carbocycles. The number of hydrogen-bond donors (Lipinski definition) is 2. The van der Waals surface area contributed by atoms with Gasteiger partial charge in [-0.3, -0.25) is 4.79 Å². The zero-order chi connectivity index (χ0) is 12.3. The Bertz CT molecular complexity index is 406. The molecule has 16 heavy (non-hydrogen) atoms. The van der Waals surface area contributed by atoms with Gasteiger partial charge in [-0.15, -0.1) is 0 Å². The van der Waals surface area contributed by atoms with Crippen molar-refractivity contribution in [2.45, 2.75) is 19.4 Å². The van der Waals surface area contributed by atoms with Gasteiger partial charge in [0.05, 0.1) is 0 Å². The largest absolute Gasteiger partial charge is 0.480 e. The third kappa shape index (κ3) is 3.55. The van der Waals surface area contributed by atoms with E-state index in [1.807, 2.05) is 0 Å². The smallest absolute Gasteiger partial charge is 0.321 e. The molecule has 0 aliphatic carbocycles. The van der Waals surface area contributed by atoms with Crippen molar-refractivity contribution in [2.75, 3.05) is 13.1 Å². The fourth-order valence-electron chi connectivity index (χ4n) is 1.19. The molecule has 1 rings (SSSR count). The maximum atomic E-state index is 11.7. The molecule has 0 spiro atoms. The third-order valence-corrected chi connectivity index (χ3v) is 4.54. The Balaban J connectivity index is 2.68. The highest BCUT2D eigenvalue weighted by Gasteiger charge is 2.27. The Kier molecular flexibility index (Phi) is 4.48. The zero-order valence-corrected chi connectivity index (χ0v) is 11.1. The van der Waals surface area contributed by atoms with Gasteiger partial charge in [-0.05, 0) is 17.8 Å². The first-order chi connectivity index (χ1) is 7.33. The number of carboxylic acid groups (broad SMARTS) is 1. The summed E-state index contributed by atoms with van der Waals surface area (Å²) in [5.74, 6) is -1.20. The van der Waals surface area contributed by atoms with E-state index in [1.165, 1.54) is 11.2 Å². The van der Waals surface area contributed by atoms with Gasteiger partial charge >= 0.3 is 5.97 Å². The molecule has 8 heteroatoms. The quantitative estimate of drug-likeness (QED) is 0.780. The van der Waals surface area contributed by atoms with Gasteiger partial charge in [-0.2, -0.15) is 17.4 Å². The van der Waals surface area contributed by atoms with Gasteiger partial charge in [-0.1, -0.05) is 22.0 Å². The van der Waals surface area contributed by atoms with Gasteiger partial charge in [0, 0.05) is 13.1 Å². The lowest BCUT2D eigenvalue weighted by molar-refractivity contribution is -0.138. The molecule has 1 heterocycles. The van der Waals surface area contributed by atoms with Crippen molar-refractivity contribution in [3.63, 3.8) is 0 Å². The number of aliphatic carboxylic acids is 1. The van der Waals surface area contributed by atoms with E-state index in [0.717, 1.165) is 4.48 Å². The van der Waals surface area contributed by atoms with Crippen LogP contribution in [0.1, 0.15) is 13.3 Å². The molecular formula is C8H13BrN2O4S. The topological polar surface area (TPSA) is 86.7 Å². The molecule has 0 aromatic heterocycles. The molecule has 1 aliphatic heterocycles. The molecule has 1 unspecified atom stereocenters. The van der Waals surface area contributed by atoms with Crippen molar-refractivity contribution in [2.24, 2.45) is 0 Å². The number of carboxylic acids is 1. The van der Waals surface area contributed by atoms with Crippen molar-refractivity contribution >= 4 is 32.1 Å². The van der Waals surface area contributed by atoms with Crippen LogP contribution in [0.5, 0.6) is 0 Å². The first-order valence-electron chi connectivity index (χ1n) is 4.67. The average molecular weight is 313 g/mol. The molecule has 6 nitrogen and oxygen atoms in total. The number of nitrogens with zero attached hydrogens (tertiary/aromatic N) is 1. The Morgan fingerprint density at radius 2 is 2.31 bits per heavy atom. The first kappa shape index (κ1) is 13.6. The van der Waals surface area contributed by atoms with E-state index >= 15 is 0 Å². The molecule has 0 radical (unpaired) electrons. The molecule has 0 bridgehead atoms. The molecule has 0 amide bonds. The van der Waals surface area contributed by atoms with Crippen LogP contribution in [0.3, 0.4) is 0 Å². The SMILES string of the molecule is CC(NS(=O)(=O)N1CC=C(Br)CC1)C(=O)O. The molecule has 0 aromatic carbocycles. The highest BCUT2D eigenvalue weighted by Crippen LogP contribution is 2.17. The van der Waals surface area contributed by atoms with E-state index in [0.29, 0.717) is 13.0 Å². The van der Waals surface area contributed by atoms with E-state index in [9.17, 15) is 13.2 Å². The molecular weight excluding hydrogens is 300 g/mol. The van der Waals surface area contributed by atoms with Crippen molar-refractivity contribution < 1.29 is 18.3 Å². The summed E-state index contributed by atoms with van der Waals surface area (Å²) in [6.07, 6.45) is 2.34. The number of carbonyl (C=O) groups is 1. The Hall–Kier alpha value is -0.440. The lowest BCUT2D eigenvalue weighted by Crippen LogP contribution is -2.48. The Labute approximate surface area is 103 Å². The molecule has 1 atom stereocenters. The third-order valence-electron chi connectivity index (χ3n) is 2.15. The molecule has 0 fully saturated rings. The fraction of sp³-hybridized carbons (Fsp3) is 0.625. The fourth-order valence-corrected chi connectivity index (χ4v) is 2.81. The predicted octanol–water partition coefficient (Wildman–Crippen LogP) is 0.278. The van der Waals surface area contributed by atoms with Crippen molar-refractivity contribution in [1.29, 1.82) is 0 Å². The zero-order valence-electron chi connectivity index (χ0n) is 8.68. The minimum atomic E-state index is -3.71. The van der Waals surface area contributed by atoms with E-state index in [1.54, 1.807) is 6.08 Å². The summed E-state index contributed by atoms with van der Waals surface area (Å²) >= 11 is 3.28. The lowest BCUT2D eigenvalue weighted by Gasteiger charge is -2.25. The monoisotopic (exact) mass is 312 g/mol. The molecule has 2 N–H and O–H groups in total. The molecule has 92 valence electrons. The summed E-state index contributed by atoms with van der Waals surface area (Å²) in [6, 6.07) is -1.13. The lowest BCUT2D eigenvalue weighted by atomic mass is 10.3. The van der Waals surface area contributed by atoms with Gasteiger partial charge in [0.15, 0.2) is 0 Å². The van der Waals surface area contributed by atoms with Gasteiger partial charge in [0.2, 0.25) is 0 Å². The van der Waals surface area contributed by atoms with Gasteiger partial charge in [0.1, 0.15) is 6.04 Å². The Morgan fingerprint density at radius 3 is 2.75 bits per heavy atom. The molecule has 1 aliphatic rings. The summed E-state index contributed by atoms with van der Waals surface area (Å²) < 4.78 is 27.7. The maximum Gasteiger partial charge on any atom is 0.321 e. The summed E-state index contributed by atoms with van der Waals surface area (Å²) in [5.41, 5.74) is 0. The number of hydrogen-bond acceptors (Lipinski definition) is 3. The predicted molar refractivity (Wildman–Crippen MR) is 62.4 cm³/mol. The van der Waals surface area contributed by atoms with Crippen molar-refractivity contribution in [3.8, 4) is 0 Å². The minimum absolute atomic E-state index is 0.252. The van der Waals surface area contributed by atoms with Crippen LogP contribution < -0.4 is 4.72 Å². The van der Waals surface area contributed by atoms with Crippen LogP contribution in [0.25, 0.3) is 0 Å². The highest BCUT2D eigenvalue weighted by atomic mass is 79.9. The summed E-state index contributed by atoms with van der Waals surface area (Å²) in [6.45, 7) is 1.89. The van der Waals surface area contributed by atoms with Crippen molar-refractivity contribution in [3.05, 3.63) is 10.6 Å². The average Bonchev–Trinajstić information content (AvgIpc) is 2.17.